The number of nitrogen functional groups attached to an aromatic ring is 1. The molecular formula is C15H18N4O2. The predicted octanol–water partition coefficient (Wildman–Crippen LogP) is 2.01. The van der Waals surface area contributed by atoms with Crippen LogP contribution in [0.4, 0.5) is 5.82 Å². The molecular weight excluding hydrogens is 268 g/mol. The summed E-state index contributed by atoms with van der Waals surface area (Å²) in [4.78, 5) is 19.5. The van der Waals surface area contributed by atoms with E-state index < -0.39 is 0 Å². The molecule has 1 aliphatic rings. The number of hydrogen-bond acceptors (Lipinski definition) is 5. The van der Waals surface area contributed by atoms with Gasteiger partial charge in [-0.2, -0.15) is 0 Å². The van der Waals surface area contributed by atoms with Crippen molar-refractivity contribution in [3.63, 3.8) is 0 Å². The SMILES string of the molecule is C=NC(=CC(=CC)Oc1ccc(N)nc1)NC(=O)C1CC1. The van der Waals surface area contributed by atoms with Crippen molar-refractivity contribution in [3.8, 4) is 5.75 Å². The fourth-order valence-corrected chi connectivity index (χ4v) is 1.59. The van der Waals surface area contributed by atoms with Gasteiger partial charge in [0.1, 0.15) is 23.1 Å². The monoisotopic (exact) mass is 286 g/mol. The Balaban J connectivity index is 2.04. The highest BCUT2D eigenvalue weighted by atomic mass is 16.5. The third-order valence-electron chi connectivity index (χ3n) is 2.93. The maximum absolute atomic E-state index is 11.7. The van der Waals surface area contributed by atoms with Crippen molar-refractivity contribution in [2.45, 2.75) is 19.8 Å². The van der Waals surface area contributed by atoms with Crippen LogP contribution in [-0.2, 0) is 4.79 Å². The van der Waals surface area contributed by atoms with Gasteiger partial charge in [-0.05, 0) is 44.7 Å². The largest absolute Gasteiger partial charge is 0.456 e. The van der Waals surface area contributed by atoms with Crippen molar-refractivity contribution in [2.24, 2.45) is 10.9 Å². The van der Waals surface area contributed by atoms with Gasteiger partial charge in [-0.25, -0.2) is 9.98 Å². The van der Waals surface area contributed by atoms with Crippen molar-refractivity contribution in [1.82, 2.24) is 10.3 Å². The number of nitrogens with zero attached hydrogens (tertiary/aromatic N) is 2. The maximum atomic E-state index is 11.7. The number of allylic oxidation sites excluding steroid dienone is 2. The molecule has 0 unspecified atom stereocenters. The Morgan fingerprint density at radius 2 is 2.33 bits per heavy atom. The molecule has 0 saturated heterocycles. The van der Waals surface area contributed by atoms with Gasteiger partial charge in [0.25, 0.3) is 0 Å². The Morgan fingerprint density at radius 3 is 2.86 bits per heavy atom. The molecule has 1 aliphatic carbocycles. The number of nitrogens with one attached hydrogen (secondary N) is 1. The Bertz CT molecular complexity index is 586. The molecule has 1 aromatic rings. The van der Waals surface area contributed by atoms with E-state index in [1.807, 2.05) is 6.92 Å². The third kappa shape index (κ3) is 4.45. The number of nitrogens with two attached hydrogens (primary N) is 1. The van der Waals surface area contributed by atoms with E-state index in [1.54, 1.807) is 24.3 Å². The average Bonchev–Trinajstić information content (AvgIpc) is 3.32. The first kappa shape index (κ1) is 14.8. The molecule has 21 heavy (non-hydrogen) atoms. The highest BCUT2D eigenvalue weighted by molar-refractivity contribution is 5.82. The molecule has 2 rings (SSSR count). The van der Waals surface area contributed by atoms with E-state index in [0.717, 1.165) is 12.8 Å². The van der Waals surface area contributed by atoms with E-state index in [-0.39, 0.29) is 11.8 Å². The predicted molar refractivity (Wildman–Crippen MR) is 81.5 cm³/mol. The van der Waals surface area contributed by atoms with Gasteiger partial charge >= 0.3 is 0 Å². The molecule has 1 fully saturated rings. The molecule has 1 heterocycles. The summed E-state index contributed by atoms with van der Waals surface area (Å²) in [5.74, 6) is 1.93. The first-order valence-corrected chi connectivity index (χ1v) is 6.67. The van der Waals surface area contributed by atoms with Crippen molar-refractivity contribution in [2.75, 3.05) is 5.73 Å². The summed E-state index contributed by atoms with van der Waals surface area (Å²) in [5, 5.41) is 2.72. The summed E-state index contributed by atoms with van der Waals surface area (Å²) in [6.07, 6.45) is 6.76. The summed E-state index contributed by atoms with van der Waals surface area (Å²) in [5.41, 5.74) is 5.52. The zero-order chi connectivity index (χ0) is 15.2. The lowest BCUT2D eigenvalue weighted by atomic mass is 10.3. The van der Waals surface area contributed by atoms with Crippen LogP contribution in [0.1, 0.15) is 19.8 Å². The second-order valence-corrected chi connectivity index (χ2v) is 4.66. The lowest BCUT2D eigenvalue weighted by Gasteiger charge is -2.08. The molecule has 3 N–H and O–H groups in total. The van der Waals surface area contributed by atoms with Crippen LogP contribution in [0.15, 0.2) is 47.1 Å². The van der Waals surface area contributed by atoms with Crippen LogP contribution in [0.5, 0.6) is 5.75 Å². The zero-order valence-corrected chi connectivity index (χ0v) is 11.9. The Kier molecular flexibility index (Phi) is 4.71. The topological polar surface area (TPSA) is 89.6 Å². The van der Waals surface area contributed by atoms with Crippen molar-refractivity contribution in [3.05, 3.63) is 42.1 Å². The first-order chi connectivity index (χ1) is 10.1. The van der Waals surface area contributed by atoms with Gasteiger partial charge in [0.2, 0.25) is 5.91 Å². The number of aliphatic imine (C=N–C) groups is 1. The van der Waals surface area contributed by atoms with Gasteiger partial charge in [0.05, 0.1) is 6.20 Å². The lowest BCUT2D eigenvalue weighted by molar-refractivity contribution is -0.121. The number of rotatable bonds is 6. The van der Waals surface area contributed by atoms with Crippen LogP contribution in [0.2, 0.25) is 0 Å². The average molecular weight is 286 g/mol. The van der Waals surface area contributed by atoms with Crippen LogP contribution in [0, 0.1) is 5.92 Å². The number of hydrogen-bond donors (Lipinski definition) is 2. The van der Waals surface area contributed by atoms with Crippen molar-refractivity contribution < 1.29 is 9.53 Å². The maximum Gasteiger partial charge on any atom is 0.228 e. The highest BCUT2D eigenvalue weighted by Crippen LogP contribution is 2.29. The van der Waals surface area contributed by atoms with E-state index in [2.05, 4.69) is 22.0 Å². The van der Waals surface area contributed by atoms with Gasteiger partial charge in [0.15, 0.2) is 0 Å². The Hall–Kier alpha value is -2.63. The van der Waals surface area contributed by atoms with Crippen molar-refractivity contribution in [1.29, 1.82) is 0 Å². The van der Waals surface area contributed by atoms with E-state index in [1.165, 1.54) is 6.20 Å². The van der Waals surface area contributed by atoms with E-state index in [9.17, 15) is 4.79 Å². The van der Waals surface area contributed by atoms with E-state index in [4.69, 9.17) is 10.5 Å². The molecule has 6 heteroatoms. The van der Waals surface area contributed by atoms with E-state index in [0.29, 0.717) is 23.1 Å². The summed E-state index contributed by atoms with van der Waals surface area (Å²) in [7, 11) is 0. The Labute approximate surface area is 123 Å². The minimum absolute atomic E-state index is 0.0294. The molecule has 0 aromatic carbocycles. The molecule has 0 bridgehead atoms. The summed E-state index contributed by atoms with van der Waals surface area (Å²) in [6.45, 7) is 5.27. The van der Waals surface area contributed by atoms with Crippen LogP contribution in [0.3, 0.4) is 0 Å². The molecule has 0 aliphatic heterocycles. The first-order valence-electron chi connectivity index (χ1n) is 6.67. The number of carbonyl (C=O) groups is 1. The number of aromatic nitrogens is 1. The number of ether oxygens (including phenoxy) is 1. The highest BCUT2D eigenvalue weighted by Gasteiger charge is 2.29. The van der Waals surface area contributed by atoms with Crippen molar-refractivity contribution >= 4 is 18.4 Å². The van der Waals surface area contributed by atoms with Gasteiger partial charge in [-0.15, -0.1) is 0 Å². The van der Waals surface area contributed by atoms with E-state index >= 15 is 0 Å². The molecule has 1 saturated carbocycles. The molecule has 6 nitrogen and oxygen atoms in total. The van der Waals surface area contributed by atoms with Crippen LogP contribution in [-0.4, -0.2) is 17.6 Å². The molecule has 110 valence electrons. The number of anilines is 1. The minimum Gasteiger partial charge on any atom is -0.456 e. The zero-order valence-electron chi connectivity index (χ0n) is 11.9. The van der Waals surface area contributed by atoms with Gasteiger partial charge in [-0.3, -0.25) is 4.79 Å². The third-order valence-corrected chi connectivity index (χ3v) is 2.93. The van der Waals surface area contributed by atoms with Crippen LogP contribution in [0.25, 0.3) is 0 Å². The lowest BCUT2D eigenvalue weighted by Crippen LogP contribution is -2.23. The van der Waals surface area contributed by atoms with Gasteiger partial charge < -0.3 is 15.8 Å². The summed E-state index contributed by atoms with van der Waals surface area (Å²) in [6, 6.07) is 3.36. The van der Waals surface area contributed by atoms with Gasteiger partial charge in [-0.1, -0.05) is 0 Å². The van der Waals surface area contributed by atoms with Gasteiger partial charge in [0, 0.05) is 12.0 Å². The molecule has 0 radical (unpaired) electrons. The quantitative estimate of drug-likeness (QED) is 0.475. The Morgan fingerprint density at radius 1 is 1.57 bits per heavy atom. The number of amides is 1. The molecule has 0 atom stereocenters. The number of carbonyl (C=O) groups excluding carboxylic acids is 1. The minimum atomic E-state index is -0.0294. The summed E-state index contributed by atoms with van der Waals surface area (Å²) >= 11 is 0. The fraction of sp³-hybridized carbons (Fsp3) is 0.267. The molecule has 1 amide bonds. The standard InChI is InChI=1S/C15H18N4O2/c1-3-11(21-12-6-7-13(16)18-9-12)8-14(17-2)19-15(20)10-4-5-10/h3,6-10H,2,4-5H2,1H3,(H2,16,18)(H,19,20). The normalized spacial score (nSPS) is 15.5. The second kappa shape index (κ2) is 6.69. The van der Waals surface area contributed by atoms with Crippen LogP contribution >= 0.6 is 0 Å². The smallest absolute Gasteiger partial charge is 0.228 e. The summed E-state index contributed by atoms with van der Waals surface area (Å²) < 4.78 is 5.64. The second-order valence-electron chi connectivity index (χ2n) is 4.66. The number of pyridine rings is 1. The molecule has 0 spiro atoms. The fourth-order valence-electron chi connectivity index (χ4n) is 1.59. The molecule has 1 aromatic heterocycles. The van der Waals surface area contributed by atoms with Crippen LogP contribution < -0.4 is 15.8 Å².